The van der Waals surface area contributed by atoms with E-state index in [4.69, 9.17) is 0 Å². The summed E-state index contributed by atoms with van der Waals surface area (Å²) in [6.07, 6.45) is 13.1. The van der Waals surface area contributed by atoms with Crippen LogP contribution in [0.3, 0.4) is 0 Å². The quantitative estimate of drug-likeness (QED) is 0.340. The first kappa shape index (κ1) is 23.3. The molecule has 0 radical (unpaired) electrons. The Morgan fingerprint density at radius 1 is 0.778 bits per heavy atom. The Labute approximate surface area is 167 Å². The van der Waals surface area contributed by atoms with Crippen molar-refractivity contribution in [3.8, 4) is 0 Å². The Morgan fingerprint density at radius 3 is 1.81 bits per heavy atom. The second-order valence-corrected chi connectivity index (χ2v) is 7.28. The van der Waals surface area contributed by atoms with Crippen molar-refractivity contribution in [1.29, 1.82) is 0 Å². The highest BCUT2D eigenvalue weighted by Gasteiger charge is 2.04. The summed E-state index contributed by atoms with van der Waals surface area (Å²) in [5.74, 6) is 0. The number of nitrogens with one attached hydrogen (secondary N) is 2. The molecule has 2 amide bonds. The van der Waals surface area contributed by atoms with Gasteiger partial charge in [0.1, 0.15) is 0 Å². The molecule has 0 aliphatic carbocycles. The molecule has 0 aromatic heterocycles. The standard InChI is InChI=1S/C23H41N3O/c1-4-7-8-9-10-11-12-13-14-15-20-24-23(27)25-21-16-18-22(19-17-21)26(5-2)6-3/h16-19H,4-15,20H2,1-3H3,(H2,24,25,27). The summed E-state index contributed by atoms with van der Waals surface area (Å²) < 4.78 is 0. The van der Waals surface area contributed by atoms with Crippen LogP contribution in [0.2, 0.25) is 0 Å². The van der Waals surface area contributed by atoms with Gasteiger partial charge in [-0.25, -0.2) is 4.79 Å². The molecular formula is C23H41N3O. The van der Waals surface area contributed by atoms with Crippen molar-refractivity contribution in [3.63, 3.8) is 0 Å². The average Bonchev–Trinajstić information content (AvgIpc) is 2.68. The zero-order valence-corrected chi connectivity index (χ0v) is 17.9. The molecule has 1 aromatic rings. The van der Waals surface area contributed by atoms with E-state index in [0.717, 1.165) is 31.7 Å². The second-order valence-electron chi connectivity index (χ2n) is 7.28. The summed E-state index contributed by atoms with van der Waals surface area (Å²) in [4.78, 5) is 14.3. The number of carbonyl (C=O) groups is 1. The third kappa shape index (κ3) is 10.9. The molecule has 0 atom stereocenters. The molecule has 0 bridgehead atoms. The van der Waals surface area contributed by atoms with Crippen molar-refractivity contribution < 1.29 is 4.79 Å². The van der Waals surface area contributed by atoms with Crippen LogP contribution < -0.4 is 15.5 Å². The van der Waals surface area contributed by atoms with Gasteiger partial charge in [0.2, 0.25) is 0 Å². The normalized spacial score (nSPS) is 10.6. The molecule has 0 aliphatic heterocycles. The van der Waals surface area contributed by atoms with E-state index in [1.54, 1.807) is 0 Å². The van der Waals surface area contributed by atoms with Gasteiger partial charge in [0, 0.05) is 31.0 Å². The minimum atomic E-state index is -0.110. The van der Waals surface area contributed by atoms with E-state index in [2.05, 4.69) is 48.4 Å². The predicted molar refractivity (Wildman–Crippen MR) is 119 cm³/mol. The lowest BCUT2D eigenvalue weighted by Crippen LogP contribution is -2.29. The summed E-state index contributed by atoms with van der Waals surface area (Å²) >= 11 is 0. The summed E-state index contributed by atoms with van der Waals surface area (Å²) in [5, 5.41) is 5.87. The van der Waals surface area contributed by atoms with Gasteiger partial charge in [0.05, 0.1) is 0 Å². The van der Waals surface area contributed by atoms with Crippen LogP contribution in [0.25, 0.3) is 0 Å². The maximum absolute atomic E-state index is 12.0. The number of urea groups is 1. The Morgan fingerprint density at radius 2 is 1.30 bits per heavy atom. The molecule has 154 valence electrons. The van der Waals surface area contributed by atoms with E-state index in [1.807, 2.05) is 12.1 Å². The number of hydrogen-bond donors (Lipinski definition) is 2. The summed E-state index contributed by atoms with van der Waals surface area (Å²) in [5.41, 5.74) is 2.03. The number of amides is 2. The van der Waals surface area contributed by atoms with Crippen molar-refractivity contribution >= 4 is 17.4 Å². The monoisotopic (exact) mass is 375 g/mol. The molecule has 4 heteroatoms. The van der Waals surface area contributed by atoms with Gasteiger partial charge >= 0.3 is 6.03 Å². The van der Waals surface area contributed by atoms with Crippen LogP contribution in [0.5, 0.6) is 0 Å². The maximum atomic E-state index is 12.0. The van der Waals surface area contributed by atoms with Crippen LogP contribution >= 0.6 is 0 Å². The Balaban J connectivity index is 2.06. The van der Waals surface area contributed by atoms with Crippen molar-refractivity contribution in [2.75, 3.05) is 29.9 Å². The SMILES string of the molecule is CCCCCCCCCCCCNC(=O)Nc1ccc(N(CC)CC)cc1. The fourth-order valence-corrected chi connectivity index (χ4v) is 3.33. The Kier molecular flexibility index (Phi) is 13.3. The van der Waals surface area contributed by atoms with Crippen LogP contribution in [0, 0.1) is 0 Å². The molecule has 1 rings (SSSR count). The molecule has 1 aromatic carbocycles. The van der Waals surface area contributed by atoms with Gasteiger partial charge in [-0.2, -0.15) is 0 Å². The smallest absolute Gasteiger partial charge is 0.319 e. The van der Waals surface area contributed by atoms with Gasteiger partial charge in [0.25, 0.3) is 0 Å². The van der Waals surface area contributed by atoms with Gasteiger partial charge in [-0.05, 0) is 44.5 Å². The van der Waals surface area contributed by atoms with Crippen molar-refractivity contribution in [3.05, 3.63) is 24.3 Å². The van der Waals surface area contributed by atoms with Crippen molar-refractivity contribution in [1.82, 2.24) is 5.32 Å². The maximum Gasteiger partial charge on any atom is 0.319 e. The third-order valence-electron chi connectivity index (χ3n) is 5.07. The summed E-state index contributed by atoms with van der Waals surface area (Å²) in [6, 6.07) is 7.94. The summed E-state index contributed by atoms with van der Waals surface area (Å²) in [7, 11) is 0. The molecule has 4 nitrogen and oxygen atoms in total. The largest absolute Gasteiger partial charge is 0.372 e. The van der Waals surface area contributed by atoms with E-state index in [9.17, 15) is 4.79 Å². The molecule has 0 fully saturated rings. The van der Waals surface area contributed by atoms with E-state index in [-0.39, 0.29) is 6.03 Å². The highest BCUT2D eigenvalue weighted by atomic mass is 16.2. The Bertz CT molecular complexity index is 483. The van der Waals surface area contributed by atoms with Crippen LogP contribution in [0.15, 0.2) is 24.3 Å². The summed E-state index contributed by atoms with van der Waals surface area (Å²) in [6.45, 7) is 9.29. The molecule has 0 unspecified atom stereocenters. The highest BCUT2D eigenvalue weighted by molar-refractivity contribution is 5.89. The number of anilines is 2. The zero-order valence-electron chi connectivity index (χ0n) is 17.9. The molecule has 0 heterocycles. The molecule has 27 heavy (non-hydrogen) atoms. The zero-order chi connectivity index (χ0) is 19.7. The van der Waals surface area contributed by atoms with Gasteiger partial charge in [-0.15, -0.1) is 0 Å². The fourth-order valence-electron chi connectivity index (χ4n) is 3.33. The van der Waals surface area contributed by atoms with Crippen LogP contribution in [0.1, 0.15) is 85.0 Å². The minimum Gasteiger partial charge on any atom is -0.372 e. The van der Waals surface area contributed by atoms with E-state index < -0.39 is 0 Å². The second kappa shape index (κ2) is 15.4. The van der Waals surface area contributed by atoms with Crippen LogP contribution in [0.4, 0.5) is 16.2 Å². The van der Waals surface area contributed by atoms with Crippen LogP contribution in [-0.2, 0) is 0 Å². The topological polar surface area (TPSA) is 44.4 Å². The molecule has 0 saturated carbocycles. The number of carbonyl (C=O) groups excluding carboxylic acids is 1. The molecular weight excluding hydrogens is 334 g/mol. The molecule has 2 N–H and O–H groups in total. The number of nitrogens with zero attached hydrogens (tertiary/aromatic N) is 1. The van der Waals surface area contributed by atoms with Crippen molar-refractivity contribution in [2.45, 2.75) is 85.0 Å². The molecule has 0 spiro atoms. The van der Waals surface area contributed by atoms with Gasteiger partial charge in [-0.3, -0.25) is 0 Å². The predicted octanol–water partition coefficient (Wildman–Crippen LogP) is 6.58. The Hall–Kier alpha value is -1.71. The number of hydrogen-bond acceptors (Lipinski definition) is 2. The number of rotatable bonds is 15. The fraction of sp³-hybridized carbons (Fsp3) is 0.696. The minimum absolute atomic E-state index is 0.110. The van der Waals surface area contributed by atoms with E-state index in [0.29, 0.717) is 0 Å². The van der Waals surface area contributed by atoms with Gasteiger partial charge in [-0.1, -0.05) is 64.7 Å². The lowest BCUT2D eigenvalue weighted by Gasteiger charge is -2.21. The first-order chi connectivity index (χ1) is 13.2. The lowest BCUT2D eigenvalue weighted by atomic mass is 10.1. The van der Waals surface area contributed by atoms with Crippen LogP contribution in [-0.4, -0.2) is 25.7 Å². The number of benzene rings is 1. The first-order valence-corrected chi connectivity index (χ1v) is 11.1. The first-order valence-electron chi connectivity index (χ1n) is 11.1. The van der Waals surface area contributed by atoms with Gasteiger partial charge in [0.15, 0.2) is 0 Å². The van der Waals surface area contributed by atoms with E-state index >= 15 is 0 Å². The van der Waals surface area contributed by atoms with Gasteiger partial charge < -0.3 is 15.5 Å². The number of unbranched alkanes of at least 4 members (excludes halogenated alkanes) is 9. The van der Waals surface area contributed by atoms with E-state index in [1.165, 1.54) is 63.5 Å². The van der Waals surface area contributed by atoms with Crippen molar-refractivity contribution in [2.24, 2.45) is 0 Å². The third-order valence-corrected chi connectivity index (χ3v) is 5.07. The molecule has 0 saturated heterocycles. The molecule has 0 aliphatic rings. The highest BCUT2D eigenvalue weighted by Crippen LogP contribution is 2.17. The average molecular weight is 376 g/mol. The lowest BCUT2D eigenvalue weighted by molar-refractivity contribution is 0.252.